The topological polar surface area (TPSA) is 44.8 Å². The first-order chi connectivity index (χ1) is 8.62. The quantitative estimate of drug-likeness (QED) is 0.372. The molecule has 114 valence electrons. The Morgan fingerprint density at radius 2 is 1.63 bits per heavy atom. The molecule has 0 atom stereocenters. The number of unbranched alkanes of at least 4 members (excludes halogenated alkanes) is 1. The molecule has 0 spiro atoms. The van der Waals surface area contributed by atoms with Gasteiger partial charge >= 0.3 is 18.2 Å². The van der Waals surface area contributed by atoms with Crippen LogP contribution in [0.4, 0.5) is 17.6 Å². The Kier molecular flexibility index (Phi) is 7.28. The second-order valence-electron chi connectivity index (χ2n) is 4.06. The molecule has 0 rings (SSSR count). The molecule has 0 N–H and O–H groups in total. The molecule has 0 aromatic rings. The van der Waals surface area contributed by atoms with E-state index >= 15 is 0 Å². The number of esters is 1. The van der Waals surface area contributed by atoms with Crippen molar-refractivity contribution in [1.82, 2.24) is 0 Å². The van der Waals surface area contributed by atoms with E-state index < -0.39 is 37.5 Å². The van der Waals surface area contributed by atoms with Crippen LogP contribution in [0.1, 0.15) is 33.6 Å². The van der Waals surface area contributed by atoms with Crippen LogP contribution in [-0.2, 0) is 19.0 Å². The molecule has 0 radical (unpaired) electrons. The molecule has 0 aliphatic rings. The van der Waals surface area contributed by atoms with Gasteiger partial charge in [-0.2, -0.15) is 17.6 Å². The number of hydrogen-bond acceptors (Lipinski definition) is 4. The molecule has 0 aliphatic heterocycles. The van der Waals surface area contributed by atoms with Crippen molar-refractivity contribution < 1.29 is 36.6 Å². The van der Waals surface area contributed by atoms with Gasteiger partial charge in [0.2, 0.25) is 0 Å². The van der Waals surface area contributed by atoms with E-state index in [-0.39, 0.29) is 6.42 Å². The summed E-state index contributed by atoms with van der Waals surface area (Å²) in [7, 11) is 0. The average molecular weight is 290 g/mol. The van der Waals surface area contributed by atoms with Gasteiger partial charge in [0, 0.05) is 0 Å². The first-order valence-corrected chi connectivity index (χ1v) is 5.85. The molecule has 0 saturated heterocycles. The SMILES string of the molecule is CCCCOC(F)(F)C(F)(F)OCC(=O)OC(C)C. The zero-order valence-corrected chi connectivity index (χ0v) is 11.1. The van der Waals surface area contributed by atoms with Gasteiger partial charge < -0.3 is 14.2 Å². The normalized spacial score (nSPS) is 12.8. The first kappa shape index (κ1) is 18.1. The molecule has 0 unspecified atom stereocenters. The van der Waals surface area contributed by atoms with Gasteiger partial charge in [0.05, 0.1) is 12.7 Å². The number of carbonyl (C=O) groups is 1. The predicted octanol–water partition coefficient (Wildman–Crippen LogP) is 2.96. The Balaban J connectivity index is 4.30. The van der Waals surface area contributed by atoms with E-state index in [1.165, 1.54) is 13.8 Å². The summed E-state index contributed by atoms with van der Waals surface area (Å²) in [4.78, 5) is 10.9. The van der Waals surface area contributed by atoms with Crippen LogP contribution in [-0.4, -0.2) is 37.5 Å². The molecule has 8 heteroatoms. The maximum absolute atomic E-state index is 13.0. The Morgan fingerprint density at radius 1 is 1.11 bits per heavy atom. The summed E-state index contributed by atoms with van der Waals surface area (Å²) in [5, 5.41) is 0. The molecule has 4 nitrogen and oxygen atoms in total. The van der Waals surface area contributed by atoms with Crippen LogP contribution in [0.2, 0.25) is 0 Å². The number of hydrogen-bond donors (Lipinski definition) is 0. The highest BCUT2D eigenvalue weighted by atomic mass is 19.3. The fourth-order valence-corrected chi connectivity index (χ4v) is 0.959. The lowest BCUT2D eigenvalue weighted by Crippen LogP contribution is -2.46. The van der Waals surface area contributed by atoms with E-state index in [2.05, 4.69) is 14.2 Å². The van der Waals surface area contributed by atoms with E-state index in [9.17, 15) is 22.4 Å². The fourth-order valence-electron chi connectivity index (χ4n) is 0.959. The standard InChI is InChI=1S/C11H18F4O4/c1-4-5-6-17-10(12,13)11(14,15)18-7-9(16)19-8(2)3/h8H,4-7H2,1-3H3. The molecular formula is C11H18F4O4. The molecule has 0 amide bonds. The maximum Gasteiger partial charge on any atom is 0.448 e. The van der Waals surface area contributed by atoms with E-state index in [0.717, 1.165) is 0 Å². The lowest BCUT2D eigenvalue weighted by atomic mass is 10.4. The number of rotatable bonds is 9. The smallest absolute Gasteiger partial charge is 0.448 e. The highest BCUT2D eigenvalue weighted by molar-refractivity contribution is 5.70. The third kappa shape index (κ3) is 6.72. The van der Waals surface area contributed by atoms with Gasteiger partial charge in [-0.3, -0.25) is 0 Å². The second kappa shape index (κ2) is 7.64. The molecule has 0 saturated carbocycles. The molecule has 0 fully saturated rings. The Labute approximate surface area is 109 Å². The van der Waals surface area contributed by atoms with Crippen molar-refractivity contribution in [1.29, 1.82) is 0 Å². The van der Waals surface area contributed by atoms with Gasteiger partial charge in [-0.05, 0) is 20.3 Å². The minimum atomic E-state index is -4.89. The highest BCUT2D eigenvalue weighted by Crippen LogP contribution is 2.36. The van der Waals surface area contributed by atoms with Gasteiger partial charge in [0.15, 0.2) is 6.61 Å². The van der Waals surface area contributed by atoms with E-state index in [0.29, 0.717) is 6.42 Å². The summed E-state index contributed by atoms with van der Waals surface area (Å²) in [5.41, 5.74) is 0. The van der Waals surface area contributed by atoms with Crippen LogP contribution >= 0.6 is 0 Å². The van der Waals surface area contributed by atoms with Gasteiger partial charge in [-0.1, -0.05) is 13.3 Å². The minimum Gasteiger partial charge on any atom is -0.461 e. The molecule has 0 aromatic heterocycles. The molecule has 0 heterocycles. The van der Waals surface area contributed by atoms with Crippen molar-refractivity contribution in [3.63, 3.8) is 0 Å². The summed E-state index contributed by atoms with van der Waals surface area (Å²) >= 11 is 0. The highest BCUT2D eigenvalue weighted by Gasteiger charge is 2.60. The zero-order valence-electron chi connectivity index (χ0n) is 11.1. The number of halogens is 4. The predicted molar refractivity (Wildman–Crippen MR) is 57.9 cm³/mol. The van der Waals surface area contributed by atoms with Crippen molar-refractivity contribution in [3.05, 3.63) is 0 Å². The molecule has 0 bridgehead atoms. The number of carbonyl (C=O) groups excluding carboxylic acids is 1. The van der Waals surface area contributed by atoms with Crippen LogP contribution < -0.4 is 0 Å². The molecule has 0 aromatic carbocycles. The third-order valence-corrected chi connectivity index (χ3v) is 1.86. The van der Waals surface area contributed by atoms with Crippen molar-refractivity contribution >= 4 is 5.97 Å². The average Bonchev–Trinajstić information content (AvgIpc) is 2.25. The monoisotopic (exact) mass is 290 g/mol. The van der Waals surface area contributed by atoms with Crippen LogP contribution in [0, 0.1) is 0 Å². The van der Waals surface area contributed by atoms with Crippen LogP contribution in [0.3, 0.4) is 0 Å². The van der Waals surface area contributed by atoms with Gasteiger partial charge in [-0.15, -0.1) is 0 Å². The van der Waals surface area contributed by atoms with Gasteiger partial charge in [-0.25, -0.2) is 4.79 Å². The van der Waals surface area contributed by atoms with Crippen molar-refractivity contribution in [2.45, 2.75) is 51.9 Å². The fraction of sp³-hybridized carbons (Fsp3) is 0.909. The van der Waals surface area contributed by atoms with Crippen molar-refractivity contribution in [2.75, 3.05) is 13.2 Å². The minimum absolute atomic E-state index is 0.209. The maximum atomic E-state index is 13.0. The van der Waals surface area contributed by atoms with E-state index in [1.807, 2.05) is 0 Å². The Hall–Kier alpha value is -0.890. The molecular weight excluding hydrogens is 272 g/mol. The first-order valence-electron chi connectivity index (χ1n) is 5.85. The summed E-state index contributed by atoms with van der Waals surface area (Å²) in [6, 6.07) is 0. The lowest BCUT2D eigenvalue weighted by molar-refractivity contribution is -0.429. The van der Waals surface area contributed by atoms with Gasteiger partial charge in [0.25, 0.3) is 0 Å². The van der Waals surface area contributed by atoms with Crippen molar-refractivity contribution in [3.8, 4) is 0 Å². The Bertz CT molecular complexity index is 282. The zero-order chi connectivity index (χ0) is 15.1. The number of ether oxygens (including phenoxy) is 3. The summed E-state index contributed by atoms with van der Waals surface area (Å²) in [6.07, 6.45) is -9.51. The third-order valence-electron chi connectivity index (χ3n) is 1.86. The van der Waals surface area contributed by atoms with Gasteiger partial charge in [0.1, 0.15) is 0 Å². The number of alkyl halides is 4. The van der Waals surface area contributed by atoms with E-state index in [1.54, 1.807) is 6.92 Å². The van der Waals surface area contributed by atoms with Crippen molar-refractivity contribution in [2.24, 2.45) is 0 Å². The van der Waals surface area contributed by atoms with Crippen LogP contribution in [0.25, 0.3) is 0 Å². The Morgan fingerprint density at radius 3 is 2.11 bits per heavy atom. The summed E-state index contributed by atoms with van der Waals surface area (Å²) < 4.78 is 63.9. The molecule has 19 heavy (non-hydrogen) atoms. The molecule has 0 aliphatic carbocycles. The van der Waals surface area contributed by atoms with Crippen LogP contribution in [0.5, 0.6) is 0 Å². The largest absolute Gasteiger partial charge is 0.461 e. The van der Waals surface area contributed by atoms with E-state index in [4.69, 9.17) is 0 Å². The summed E-state index contributed by atoms with van der Waals surface area (Å²) in [5.74, 6) is -1.15. The summed E-state index contributed by atoms with van der Waals surface area (Å²) in [6.45, 7) is 2.85. The lowest BCUT2D eigenvalue weighted by Gasteiger charge is -2.25. The van der Waals surface area contributed by atoms with Crippen LogP contribution in [0.15, 0.2) is 0 Å². The second-order valence-corrected chi connectivity index (χ2v) is 4.06.